The average molecular weight is 552 g/mol. The van der Waals surface area contributed by atoms with E-state index in [4.69, 9.17) is 14.6 Å². The maximum atomic E-state index is 10.8. The molecule has 2 aliphatic heterocycles. The van der Waals surface area contributed by atoms with Gasteiger partial charge in [0.15, 0.2) is 0 Å². The molecule has 2 heterocycles. The molecule has 1 aromatic carbocycles. The Bertz CT molecular complexity index is 1120. The number of ether oxygens (including phenoxy) is 2. The predicted molar refractivity (Wildman–Crippen MR) is 165 cm³/mol. The van der Waals surface area contributed by atoms with Crippen molar-refractivity contribution in [2.45, 2.75) is 131 Å². The van der Waals surface area contributed by atoms with Crippen molar-refractivity contribution in [1.29, 1.82) is 0 Å². The lowest BCUT2D eigenvalue weighted by Crippen LogP contribution is -2.39. The van der Waals surface area contributed by atoms with E-state index in [0.717, 1.165) is 82.4 Å². The van der Waals surface area contributed by atoms with Gasteiger partial charge in [0.2, 0.25) is 0 Å². The molecule has 3 rings (SSSR count). The van der Waals surface area contributed by atoms with Gasteiger partial charge in [-0.05, 0) is 124 Å². The fraction of sp³-hybridized carbons (Fsp3) is 0.629. The number of benzene rings is 1. The van der Waals surface area contributed by atoms with E-state index in [2.05, 4.69) is 71.6 Å². The minimum absolute atomic E-state index is 0.164. The van der Waals surface area contributed by atoms with Crippen molar-refractivity contribution in [2.24, 2.45) is 0 Å². The molecular weight excluding hydrogens is 498 g/mol. The van der Waals surface area contributed by atoms with Crippen LogP contribution in [0.25, 0.3) is 0 Å². The number of rotatable bonds is 14. The lowest BCUT2D eigenvalue weighted by Gasteiger charge is -2.40. The van der Waals surface area contributed by atoms with Crippen molar-refractivity contribution in [3.8, 4) is 11.5 Å². The number of nitrogens with zero attached hydrogens (tertiary/aromatic N) is 1. The SMILES string of the molecule is CC(C)=CCC/C(C)=C/CC/C(C)=C/CC[C@]1(C)CCc2c3c(c(C)c(C)c2O1)OCN(CCCCC(=O)O)C3. The molecule has 0 saturated heterocycles. The molecule has 1 aromatic rings. The van der Waals surface area contributed by atoms with Gasteiger partial charge in [0.1, 0.15) is 23.8 Å². The average Bonchev–Trinajstić information content (AvgIpc) is 2.89. The Morgan fingerprint density at radius 2 is 1.55 bits per heavy atom. The first kappa shape index (κ1) is 32.0. The van der Waals surface area contributed by atoms with E-state index in [0.29, 0.717) is 13.2 Å². The standard InChI is InChI=1S/C35H53NO4/c1-25(2)13-10-14-26(3)15-11-16-27(4)17-12-20-35(7)21-19-30-31-23-36(22-9-8-18-32(37)38)24-39-33(31)28(5)29(6)34(30)40-35/h13,15,17H,8-12,14,16,18-24H2,1-7H3,(H,37,38)/b26-15+,27-17+/t35-/m1/s1. The van der Waals surface area contributed by atoms with Crippen molar-refractivity contribution in [3.05, 3.63) is 57.2 Å². The van der Waals surface area contributed by atoms with E-state index in [-0.39, 0.29) is 12.0 Å². The molecule has 0 radical (unpaired) electrons. The van der Waals surface area contributed by atoms with Gasteiger partial charge in [0.05, 0.1) is 0 Å². The van der Waals surface area contributed by atoms with E-state index in [9.17, 15) is 4.79 Å². The molecule has 0 bridgehead atoms. The van der Waals surface area contributed by atoms with Crippen molar-refractivity contribution < 1.29 is 19.4 Å². The fourth-order valence-corrected chi connectivity index (χ4v) is 5.84. The van der Waals surface area contributed by atoms with Crippen molar-refractivity contribution in [1.82, 2.24) is 4.90 Å². The second-order valence-electron chi connectivity index (χ2n) is 12.6. The number of hydrogen-bond donors (Lipinski definition) is 1. The van der Waals surface area contributed by atoms with Crippen molar-refractivity contribution >= 4 is 5.97 Å². The summed E-state index contributed by atoms with van der Waals surface area (Å²) in [4.78, 5) is 13.1. The number of carboxylic acids is 1. The van der Waals surface area contributed by atoms with Crippen LogP contribution in [-0.4, -0.2) is 34.9 Å². The smallest absolute Gasteiger partial charge is 0.303 e. The number of aliphatic carboxylic acids is 1. The number of carbonyl (C=O) groups is 1. The van der Waals surface area contributed by atoms with Gasteiger partial charge < -0.3 is 14.6 Å². The highest BCUT2D eigenvalue weighted by Crippen LogP contribution is 2.46. The summed E-state index contributed by atoms with van der Waals surface area (Å²) in [6.07, 6.45) is 17.5. The zero-order valence-electron chi connectivity index (χ0n) is 26.3. The molecule has 5 nitrogen and oxygen atoms in total. The number of unbranched alkanes of at least 4 members (excludes halogenated alkanes) is 1. The number of carboxylic acid groups (broad SMARTS) is 1. The lowest BCUT2D eigenvalue weighted by molar-refractivity contribution is -0.137. The van der Waals surface area contributed by atoms with E-state index >= 15 is 0 Å². The summed E-state index contributed by atoms with van der Waals surface area (Å²) in [5, 5.41) is 8.92. The molecule has 1 atom stereocenters. The Morgan fingerprint density at radius 3 is 2.23 bits per heavy atom. The lowest BCUT2D eigenvalue weighted by atomic mass is 9.84. The molecule has 0 spiro atoms. The van der Waals surface area contributed by atoms with Crippen LogP contribution in [0, 0.1) is 13.8 Å². The summed E-state index contributed by atoms with van der Waals surface area (Å²) in [5.74, 6) is 1.38. The minimum Gasteiger partial charge on any atom is -0.487 e. The Hall–Kier alpha value is -2.53. The largest absolute Gasteiger partial charge is 0.487 e. The van der Waals surface area contributed by atoms with Gasteiger partial charge >= 0.3 is 5.97 Å². The van der Waals surface area contributed by atoms with Crippen LogP contribution < -0.4 is 9.47 Å². The Kier molecular flexibility index (Phi) is 11.9. The normalized spacial score (nSPS) is 19.4. The van der Waals surface area contributed by atoms with Crippen LogP contribution in [0.2, 0.25) is 0 Å². The highest BCUT2D eigenvalue weighted by atomic mass is 16.5. The summed E-state index contributed by atoms with van der Waals surface area (Å²) >= 11 is 0. The molecule has 0 aromatic heterocycles. The van der Waals surface area contributed by atoms with E-state index < -0.39 is 5.97 Å². The third-order valence-corrected chi connectivity index (χ3v) is 8.59. The van der Waals surface area contributed by atoms with Crippen LogP contribution in [0.3, 0.4) is 0 Å². The number of hydrogen-bond acceptors (Lipinski definition) is 4. The second-order valence-corrected chi connectivity index (χ2v) is 12.6. The molecular formula is C35H53NO4. The maximum absolute atomic E-state index is 10.8. The van der Waals surface area contributed by atoms with Crippen LogP contribution in [0.5, 0.6) is 11.5 Å². The Labute approximate surface area is 243 Å². The molecule has 0 amide bonds. The highest BCUT2D eigenvalue weighted by Gasteiger charge is 2.36. The maximum Gasteiger partial charge on any atom is 0.303 e. The molecule has 0 fully saturated rings. The molecule has 0 saturated carbocycles. The quantitative estimate of drug-likeness (QED) is 0.185. The molecule has 1 N–H and O–H groups in total. The van der Waals surface area contributed by atoms with Gasteiger partial charge in [-0.2, -0.15) is 0 Å². The zero-order chi connectivity index (χ0) is 29.3. The predicted octanol–water partition coefficient (Wildman–Crippen LogP) is 8.99. The second kappa shape index (κ2) is 14.9. The Balaban J connectivity index is 1.57. The molecule has 0 unspecified atom stereocenters. The summed E-state index contributed by atoms with van der Waals surface area (Å²) in [5.41, 5.74) is 9.16. The third kappa shape index (κ3) is 9.26. The molecule has 222 valence electrons. The van der Waals surface area contributed by atoms with Crippen LogP contribution >= 0.6 is 0 Å². The van der Waals surface area contributed by atoms with E-state index in [1.165, 1.54) is 39.0 Å². The number of allylic oxidation sites excluding steroid dienone is 6. The number of fused-ring (bicyclic) bond motifs is 3. The van der Waals surface area contributed by atoms with Gasteiger partial charge in [-0.25, -0.2) is 0 Å². The zero-order valence-corrected chi connectivity index (χ0v) is 26.3. The molecule has 2 aliphatic rings. The van der Waals surface area contributed by atoms with Crippen molar-refractivity contribution in [2.75, 3.05) is 13.3 Å². The van der Waals surface area contributed by atoms with Crippen molar-refractivity contribution in [3.63, 3.8) is 0 Å². The summed E-state index contributed by atoms with van der Waals surface area (Å²) in [6, 6.07) is 0. The highest BCUT2D eigenvalue weighted by molar-refractivity contribution is 5.66. The summed E-state index contributed by atoms with van der Waals surface area (Å²) in [7, 11) is 0. The summed E-state index contributed by atoms with van der Waals surface area (Å²) in [6.45, 7) is 17.7. The van der Waals surface area contributed by atoms with Gasteiger partial charge in [-0.3, -0.25) is 9.69 Å². The summed E-state index contributed by atoms with van der Waals surface area (Å²) < 4.78 is 13.1. The topological polar surface area (TPSA) is 59.0 Å². The minimum atomic E-state index is -0.722. The van der Waals surface area contributed by atoms with Gasteiger partial charge in [0.25, 0.3) is 0 Å². The van der Waals surface area contributed by atoms with Crippen LogP contribution in [0.15, 0.2) is 34.9 Å². The monoisotopic (exact) mass is 551 g/mol. The van der Waals surface area contributed by atoms with Crippen LogP contribution in [0.1, 0.15) is 121 Å². The molecule has 0 aliphatic carbocycles. The molecule has 40 heavy (non-hydrogen) atoms. The van der Waals surface area contributed by atoms with Gasteiger partial charge in [-0.1, -0.05) is 34.9 Å². The van der Waals surface area contributed by atoms with Crippen LogP contribution in [0.4, 0.5) is 0 Å². The van der Waals surface area contributed by atoms with E-state index in [1.807, 2.05) is 0 Å². The molecule has 5 heteroatoms. The van der Waals surface area contributed by atoms with Gasteiger partial charge in [-0.15, -0.1) is 0 Å². The fourth-order valence-electron chi connectivity index (χ4n) is 5.84. The van der Waals surface area contributed by atoms with E-state index in [1.54, 1.807) is 0 Å². The van der Waals surface area contributed by atoms with Crippen LogP contribution in [-0.2, 0) is 17.8 Å². The third-order valence-electron chi connectivity index (χ3n) is 8.59. The first-order valence-electron chi connectivity index (χ1n) is 15.3. The first-order valence-corrected chi connectivity index (χ1v) is 15.3. The van der Waals surface area contributed by atoms with Gasteiger partial charge in [0, 0.05) is 30.6 Å². The first-order chi connectivity index (χ1) is 19.0. The Morgan fingerprint density at radius 1 is 0.900 bits per heavy atom.